The molecule has 0 amide bonds. The topological polar surface area (TPSA) is 197 Å². The number of ether oxygens (including phenoxy) is 3. The van der Waals surface area contributed by atoms with Crippen molar-refractivity contribution in [1.29, 1.82) is 0 Å². The minimum atomic E-state index is -1.32. The molecule has 240 valence electrons. The Morgan fingerprint density at radius 3 is 2.65 bits per heavy atom. The number of aliphatic hydroxyl groups excluding tert-OH is 1. The first kappa shape index (κ1) is 30.0. The van der Waals surface area contributed by atoms with Gasteiger partial charge in [-0.2, -0.15) is 0 Å². The fourth-order valence-corrected chi connectivity index (χ4v) is 7.16. The first-order valence-corrected chi connectivity index (χ1v) is 15.4. The Morgan fingerprint density at radius 1 is 1.07 bits per heavy atom. The van der Waals surface area contributed by atoms with E-state index in [1.165, 1.54) is 6.07 Å². The van der Waals surface area contributed by atoms with Gasteiger partial charge in [-0.05, 0) is 76.3 Å². The summed E-state index contributed by atoms with van der Waals surface area (Å²) in [5, 5.41) is 22.6. The number of benzene rings is 1. The van der Waals surface area contributed by atoms with E-state index in [4.69, 9.17) is 30.1 Å². The molecule has 2 fully saturated rings. The Labute approximate surface area is 264 Å². The number of nitrogen functional groups attached to an aromatic ring is 2. The van der Waals surface area contributed by atoms with Crippen molar-refractivity contribution in [1.82, 2.24) is 9.97 Å². The molecule has 0 aliphatic carbocycles. The van der Waals surface area contributed by atoms with Crippen LogP contribution in [0.2, 0.25) is 0 Å². The number of carbonyl (C=O) groups is 1. The van der Waals surface area contributed by atoms with E-state index in [9.17, 15) is 19.8 Å². The van der Waals surface area contributed by atoms with E-state index in [1.807, 2.05) is 19.9 Å². The number of aromatic nitrogens is 2. The summed E-state index contributed by atoms with van der Waals surface area (Å²) in [5.41, 5.74) is 12.2. The van der Waals surface area contributed by atoms with Crippen LogP contribution in [0.15, 0.2) is 51.8 Å². The van der Waals surface area contributed by atoms with E-state index in [1.54, 1.807) is 37.4 Å². The third-order valence-corrected chi connectivity index (χ3v) is 9.33. The number of nitrogens with two attached hydrogens (primary N) is 2. The second-order valence-corrected chi connectivity index (χ2v) is 13.1. The molecule has 4 aromatic rings. The molecule has 5 unspecified atom stereocenters. The molecule has 12 heteroatoms. The van der Waals surface area contributed by atoms with Crippen LogP contribution >= 0.6 is 0 Å². The fraction of sp³-hybridized carbons (Fsp3) is 0.412. The lowest BCUT2D eigenvalue weighted by Gasteiger charge is -2.44. The molecule has 3 aliphatic heterocycles. The van der Waals surface area contributed by atoms with Crippen molar-refractivity contribution in [3.63, 3.8) is 0 Å². The SMILES string of the molecule is Cc1cc(=O)c2c(O)c3c(cc2o1)OC(C)(C)C1OC(=O)C2(CC(O)CCC31)OC2CCc1cc(N)nc(-c2ccnc(N)c2)c1. The van der Waals surface area contributed by atoms with Gasteiger partial charge in [-0.25, -0.2) is 14.8 Å². The molecular weight excluding hydrogens is 592 g/mol. The number of phenols is 1. The molecule has 2 saturated heterocycles. The summed E-state index contributed by atoms with van der Waals surface area (Å²) >= 11 is 0. The lowest BCUT2D eigenvalue weighted by molar-refractivity contribution is -0.171. The van der Waals surface area contributed by atoms with Gasteiger partial charge in [0.15, 0.2) is 11.0 Å². The van der Waals surface area contributed by atoms with Crippen LogP contribution in [0.5, 0.6) is 11.5 Å². The van der Waals surface area contributed by atoms with E-state index in [-0.39, 0.29) is 28.6 Å². The Hall–Kier alpha value is -4.68. The Kier molecular flexibility index (Phi) is 6.98. The maximum atomic E-state index is 14.0. The third kappa shape index (κ3) is 5.11. The van der Waals surface area contributed by atoms with E-state index in [0.29, 0.717) is 60.1 Å². The molecule has 0 saturated carbocycles. The Bertz CT molecular complexity index is 1940. The zero-order chi connectivity index (χ0) is 32.5. The van der Waals surface area contributed by atoms with E-state index in [2.05, 4.69) is 9.97 Å². The highest BCUT2D eigenvalue weighted by atomic mass is 16.7. The van der Waals surface area contributed by atoms with Crippen LogP contribution in [0, 0.1) is 6.92 Å². The van der Waals surface area contributed by atoms with E-state index >= 15 is 0 Å². The maximum Gasteiger partial charge on any atom is 0.341 e. The number of carbonyl (C=O) groups excluding carboxylic acids is 1. The normalized spacial score (nSPS) is 26.7. The van der Waals surface area contributed by atoms with Gasteiger partial charge < -0.3 is 40.3 Å². The lowest BCUT2D eigenvalue weighted by atomic mass is 9.77. The van der Waals surface area contributed by atoms with Gasteiger partial charge in [0.1, 0.15) is 51.6 Å². The maximum absolute atomic E-state index is 14.0. The summed E-state index contributed by atoms with van der Waals surface area (Å²) in [7, 11) is 0. The summed E-state index contributed by atoms with van der Waals surface area (Å²) in [4.78, 5) is 35.3. The Morgan fingerprint density at radius 2 is 1.87 bits per heavy atom. The van der Waals surface area contributed by atoms with Gasteiger partial charge in [0.25, 0.3) is 0 Å². The first-order chi connectivity index (χ1) is 21.8. The van der Waals surface area contributed by atoms with Crippen molar-refractivity contribution < 1.29 is 33.6 Å². The third-order valence-electron chi connectivity index (χ3n) is 9.33. The molecule has 5 atom stereocenters. The number of hydrogen-bond acceptors (Lipinski definition) is 12. The summed E-state index contributed by atoms with van der Waals surface area (Å²) in [6, 6.07) is 10.1. The van der Waals surface area contributed by atoms with Gasteiger partial charge in [0.05, 0.1) is 17.9 Å². The van der Waals surface area contributed by atoms with Gasteiger partial charge in [0, 0.05) is 41.8 Å². The van der Waals surface area contributed by atoms with Crippen LogP contribution < -0.4 is 21.6 Å². The number of epoxide rings is 1. The molecule has 12 nitrogen and oxygen atoms in total. The molecule has 0 radical (unpaired) electrons. The van der Waals surface area contributed by atoms with Gasteiger partial charge in [-0.3, -0.25) is 4.79 Å². The quantitative estimate of drug-likeness (QED) is 0.188. The number of rotatable bonds is 4. The van der Waals surface area contributed by atoms with Crippen molar-refractivity contribution in [3.8, 4) is 22.8 Å². The van der Waals surface area contributed by atoms with Crippen LogP contribution in [0.25, 0.3) is 22.2 Å². The summed E-state index contributed by atoms with van der Waals surface area (Å²) in [5.74, 6) is 0.0475. The molecule has 6 heterocycles. The molecule has 1 spiro atoms. The van der Waals surface area contributed by atoms with Crippen LogP contribution in [0.3, 0.4) is 0 Å². The number of nitrogens with zero attached hydrogens (tertiary/aromatic N) is 2. The van der Waals surface area contributed by atoms with Gasteiger partial charge in [0.2, 0.25) is 0 Å². The molecule has 3 aromatic heterocycles. The summed E-state index contributed by atoms with van der Waals surface area (Å²) in [6.45, 7) is 5.27. The number of aliphatic hydroxyl groups is 1. The number of aromatic hydroxyl groups is 1. The van der Waals surface area contributed by atoms with Crippen molar-refractivity contribution in [2.75, 3.05) is 11.5 Å². The average Bonchev–Trinajstić information content (AvgIpc) is 3.67. The first-order valence-electron chi connectivity index (χ1n) is 15.4. The van der Waals surface area contributed by atoms with Crippen LogP contribution in [0.4, 0.5) is 11.6 Å². The zero-order valence-electron chi connectivity index (χ0n) is 25.8. The lowest BCUT2D eigenvalue weighted by Crippen LogP contribution is -2.52. The van der Waals surface area contributed by atoms with Crippen LogP contribution in [0.1, 0.15) is 62.3 Å². The summed E-state index contributed by atoms with van der Waals surface area (Å²) in [6.07, 6.45) is 1.15. The largest absolute Gasteiger partial charge is 0.507 e. The highest BCUT2D eigenvalue weighted by molar-refractivity contribution is 5.88. The monoisotopic (exact) mass is 628 g/mol. The fourth-order valence-electron chi connectivity index (χ4n) is 7.16. The van der Waals surface area contributed by atoms with E-state index in [0.717, 1.165) is 11.1 Å². The average molecular weight is 629 g/mol. The smallest absolute Gasteiger partial charge is 0.341 e. The van der Waals surface area contributed by atoms with Crippen molar-refractivity contribution in [3.05, 3.63) is 69.7 Å². The standard InChI is InChI=1S/C34H36N4O8/c1-16-10-22(40)29-23(43-16)14-24-28(30(29)41)20-6-5-19(39)15-34(32(42)44-31(20)33(2,3)45-24)25(46-34)7-4-17-11-21(38-27(36)12-17)18-8-9-37-26(35)13-18/h8-14,19-20,25,31,39,41H,4-7,15H2,1-3H3,(H2,35,37)(H2,36,38). The number of esters is 1. The number of aryl methyl sites for hydroxylation is 2. The number of anilines is 2. The molecule has 7 rings (SSSR count). The van der Waals surface area contributed by atoms with Crippen molar-refractivity contribution >= 4 is 28.6 Å². The highest BCUT2D eigenvalue weighted by Gasteiger charge is 2.65. The minimum Gasteiger partial charge on any atom is -0.507 e. The van der Waals surface area contributed by atoms with Gasteiger partial charge >= 0.3 is 5.97 Å². The van der Waals surface area contributed by atoms with E-state index < -0.39 is 41.4 Å². The highest BCUT2D eigenvalue weighted by Crippen LogP contribution is 2.53. The van der Waals surface area contributed by atoms with Gasteiger partial charge in [-0.15, -0.1) is 0 Å². The predicted octanol–water partition coefficient (Wildman–Crippen LogP) is 3.91. The molecule has 1 aromatic carbocycles. The number of hydrogen-bond donors (Lipinski definition) is 4. The minimum absolute atomic E-state index is 0.0347. The molecule has 6 N–H and O–H groups in total. The van der Waals surface area contributed by atoms with Crippen molar-refractivity contribution in [2.45, 2.75) is 88.3 Å². The number of pyridine rings is 2. The molecule has 0 bridgehead atoms. The second kappa shape index (κ2) is 10.7. The van der Waals surface area contributed by atoms with Crippen LogP contribution in [-0.4, -0.2) is 55.7 Å². The number of fused-ring (bicyclic) bond motifs is 4. The zero-order valence-corrected chi connectivity index (χ0v) is 25.8. The molecular formula is C34H36N4O8. The molecule has 46 heavy (non-hydrogen) atoms. The number of phenolic OH excluding ortho intramolecular Hbond substituents is 1. The van der Waals surface area contributed by atoms with Crippen LogP contribution in [-0.2, 0) is 20.7 Å². The van der Waals surface area contributed by atoms with Crippen molar-refractivity contribution in [2.24, 2.45) is 0 Å². The Balaban J connectivity index is 1.16. The van der Waals surface area contributed by atoms with Gasteiger partial charge in [-0.1, -0.05) is 0 Å². The second-order valence-electron chi connectivity index (χ2n) is 13.1. The predicted molar refractivity (Wildman–Crippen MR) is 168 cm³/mol. The molecule has 3 aliphatic rings. The summed E-state index contributed by atoms with van der Waals surface area (Å²) < 4.78 is 24.4.